The Labute approximate surface area is 112 Å². The van der Waals surface area contributed by atoms with Gasteiger partial charge in [-0.1, -0.05) is 5.16 Å². The second-order valence-corrected chi connectivity index (χ2v) is 4.99. The molecule has 1 saturated carbocycles. The number of ether oxygens (including phenoxy) is 1. The number of aliphatic hydroxyl groups excluding tert-OH is 1. The fraction of sp³-hybridized carbons (Fsp3) is 0.692. The third kappa shape index (κ3) is 3.78. The van der Waals surface area contributed by atoms with Crippen molar-refractivity contribution in [2.24, 2.45) is 5.92 Å². The zero-order valence-corrected chi connectivity index (χ0v) is 11.1. The predicted molar refractivity (Wildman–Crippen MR) is 67.5 cm³/mol. The van der Waals surface area contributed by atoms with Crippen molar-refractivity contribution in [3.05, 3.63) is 17.5 Å². The summed E-state index contributed by atoms with van der Waals surface area (Å²) < 4.78 is 9.89. The second kappa shape index (κ2) is 6.68. The number of hydrogen-bond donors (Lipinski definition) is 2. The van der Waals surface area contributed by atoms with Crippen LogP contribution in [0, 0.1) is 5.92 Å². The quantitative estimate of drug-likeness (QED) is 0.835. The van der Waals surface area contributed by atoms with Crippen molar-refractivity contribution in [1.82, 2.24) is 10.5 Å². The molecule has 106 valence electrons. The van der Waals surface area contributed by atoms with Crippen LogP contribution >= 0.6 is 0 Å². The maximum absolute atomic E-state index is 12.0. The number of rotatable bonds is 5. The van der Waals surface area contributed by atoms with E-state index in [4.69, 9.17) is 14.4 Å². The first kappa shape index (κ1) is 14.0. The average Bonchev–Trinajstić information content (AvgIpc) is 2.89. The molecule has 2 N–H and O–H groups in total. The molecule has 1 fully saturated rings. The zero-order chi connectivity index (χ0) is 13.7. The molecule has 1 amide bonds. The van der Waals surface area contributed by atoms with E-state index in [1.807, 2.05) is 0 Å². The van der Waals surface area contributed by atoms with Gasteiger partial charge in [0.2, 0.25) is 0 Å². The smallest absolute Gasteiger partial charge is 0.273 e. The number of nitrogens with one attached hydrogen (secondary N) is 1. The minimum absolute atomic E-state index is 0.165. The molecule has 1 aromatic heterocycles. The van der Waals surface area contributed by atoms with Crippen molar-refractivity contribution in [3.8, 4) is 0 Å². The molecule has 1 aliphatic carbocycles. The Hall–Kier alpha value is -1.40. The standard InChI is InChI=1S/C13H20N2O4/c1-18-8-11-6-12(15-19-11)13(17)14-10-4-2-9(7-16)3-5-10/h6,9-10,16H,2-5,7-8H2,1H3,(H,14,17). The Morgan fingerprint density at radius 3 is 2.89 bits per heavy atom. The largest absolute Gasteiger partial charge is 0.396 e. The van der Waals surface area contributed by atoms with E-state index in [0.717, 1.165) is 25.7 Å². The van der Waals surface area contributed by atoms with Gasteiger partial charge in [-0.2, -0.15) is 0 Å². The molecular formula is C13H20N2O4. The molecule has 19 heavy (non-hydrogen) atoms. The number of hydrogen-bond acceptors (Lipinski definition) is 5. The molecule has 1 aliphatic rings. The van der Waals surface area contributed by atoms with Crippen molar-refractivity contribution in [2.45, 2.75) is 38.3 Å². The lowest BCUT2D eigenvalue weighted by Crippen LogP contribution is -2.38. The Morgan fingerprint density at radius 2 is 2.26 bits per heavy atom. The highest BCUT2D eigenvalue weighted by Crippen LogP contribution is 2.23. The first-order valence-corrected chi connectivity index (χ1v) is 6.59. The summed E-state index contributed by atoms with van der Waals surface area (Å²) in [4.78, 5) is 12.0. The van der Waals surface area contributed by atoms with Gasteiger partial charge in [0.05, 0.1) is 0 Å². The molecule has 0 saturated heterocycles. The highest BCUT2D eigenvalue weighted by molar-refractivity contribution is 5.92. The number of amides is 1. The normalized spacial score (nSPS) is 23.3. The third-order valence-corrected chi connectivity index (χ3v) is 3.52. The van der Waals surface area contributed by atoms with Crippen molar-refractivity contribution < 1.29 is 19.2 Å². The highest BCUT2D eigenvalue weighted by atomic mass is 16.5. The highest BCUT2D eigenvalue weighted by Gasteiger charge is 2.23. The van der Waals surface area contributed by atoms with Crippen LogP contribution in [0.25, 0.3) is 0 Å². The first-order valence-electron chi connectivity index (χ1n) is 6.59. The van der Waals surface area contributed by atoms with E-state index in [1.54, 1.807) is 13.2 Å². The molecule has 6 heteroatoms. The Morgan fingerprint density at radius 1 is 1.53 bits per heavy atom. The SMILES string of the molecule is COCc1cc(C(=O)NC2CCC(CO)CC2)no1. The summed E-state index contributed by atoms with van der Waals surface area (Å²) >= 11 is 0. The number of methoxy groups -OCH3 is 1. The van der Waals surface area contributed by atoms with Crippen LogP contribution in [-0.4, -0.2) is 35.9 Å². The summed E-state index contributed by atoms with van der Waals surface area (Å²) in [6.45, 7) is 0.548. The van der Waals surface area contributed by atoms with Crippen LogP contribution in [0.4, 0.5) is 0 Å². The molecule has 2 rings (SSSR count). The van der Waals surface area contributed by atoms with Gasteiger partial charge in [-0.25, -0.2) is 0 Å². The topological polar surface area (TPSA) is 84.6 Å². The third-order valence-electron chi connectivity index (χ3n) is 3.52. The minimum atomic E-state index is -0.210. The Kier molecular flexibility index (Phi) is 4.93. The Balaban J connectivity index is 1.83. The summed E-state index contributed by atoms with van der Waals surface area (Å²) in [5.41, 5.74) is 0.288. The van der Waals surface area contributed by atoms with Gasteiger partial charge in [-0.05, 0) is 31.6 Å². The maximum atomic E-state index is 12.0. The summed E-state index contributed by atoms with van der Waals surface area (Å²) in [7, 11) is 1.56. The molecule has 1 heterocycles. The monoisotopic (exact) mass is 268 g/mol. The van der Waals surface area contributed by atoms with Crippen LogP contribution < -0.4 is 5.32 Å². The number of aromatic nitrogens is 1. The van der Waals surface area contributed by atoms with Crippen LogP contribution in [0.5, 0.6) is 0 Å². The van der Waals surface area contributed by atoms with Gasteiger partial charge in [0.25, 0.3) is 5.91 Å². The number of nitrogens with zero attached hydrogens (tertiary/aromatic N) is 1. The molecule has 0 spiro atoms. The van der Waals surface area contributed by atoms with Gasteiger partial charge in [0, 0.05) is 25.8 Å². The van der Waals surface area contributed by atoms with Crippen LogP contribution in [0.15, 0.2) is 10.6 Å². The Bertz CT molecular complexity index is 411. The molecule has 0 aliphatic heterocycles. The molecular weight excluding hydrogens is 248 g/mol. The molecule has 0 atom stereocenters. The van der Waals surface area contributed by atoms with E-state index >= 15 is 0 Å². The molecule has 6 nitrogen and oxygen atoms in total. The lowest BCUT2D eigenvalue weighted by Gasteiger charge is -2.27. The predicted octanol–water partition coefficient (Wildman–Crippen LogP) is 1.10. The van der Waals surface area contributed by atoms with Gasteiger partial charge in [0.15, 0.2) is 11.5 Å². The summed E-state index contributed by atoms with van der Waals surface area (Å²) in [6, 6.07) is 1.76. The van der Waals surface area contributed by atoms with Crippen molar-refractivity contribution >= 4 is 5.91 Å². The molecule has 1 aromatic rings. The van der Waals surface area contributed by atoms with Gasteiger partial charge in [-0.15, -0.1) is 0 Å². The fourth-order valence-electron chi connectivity index (χ4n) is 2.38. The number of carbonyl (C=O) groups is 1. The maximum Gasteiger partial charge on any atom is 0.273 e. The van der Waals surface area contributed by atoms with Gasteiger partial charge < -0.3 is 19.7 Å². The second-order valence-electron chi connectivity index (χ2n) is 4.99. The van der Waals surface area contributed by atoms with Crippen molar-refractivity contribution in [1.29, 1.82) is 0 Å². The number of carbonyl (C=O) groups excluding carboxylic acids is 1. The fourth-order valence-corrected chi connectivity index (χ4v) is 2.38. The van der Waals surface area contributed by atoms with Crippen LogP contribution in [0.2, 0.25) is 0 Å². The van der Waals surface area contributed by atoms with Gasteiger partial charge in [0.1, 0.15) is 6.61 Å². The van der Waals surface area contributed by atoms with Gasteiger partial charge >= 0.3 is 0 Å². The zero-order valence-electron chi connectivity index (χ0n) is 11.1. The molecule has 0 unspecified atom stereocenters. The average molecular weight is 268 g/mol. The molecule has 0 aromatic carbocycles. The van der Waals surface area contributed by atoms with E-state index in [9.17, 15) is 4.79 Å². The summed E-state index contributed by atoms with van der Waals surface area (Å²) in [5, 5.41) is 15.7. The van der Waals surface area contributed by atoms with E-state index in [-0.39, 0.29) is 24.2 Å². The van der Waals surface area contributed by atoms with E-state index in [0.29, 0.717) is 18.3 Å². The first-order chi connectivity index (χ1) is 9.22. The van der Waals surface area contributed by atoms with E-state index in [2.05, 4.69) is 10.5 Å². The van der Waals surface area contributed by atoms with Crippen molar-refractivity contribution in [3.63, 3.8) is 0 Å². The lowest BCUT2D eigenvalue weighted by molar-refractivity contribution is 0.0904. The van der Waals surface area contributed by atoms with Crippen LogP contribution in [-0.2, 0) is 11.3 Å². The van der Waals surface area contributed by atoms with Crippen LogP contribution in [0.3, 0.4) is 0 Å². The summed E-state index contributed by atoms with van der Waals surface area (Å²) in [6.07, 6.45) is 3.71. The van der Waals surface area contributed by atoms with E-state index < -0.39 is 0 Å². The summed E-state index contributed by atoms with van der Waals surface area (Å²) in [5.74, 6) is 0.712. The lowest BCUT2D eigenvalue weighted by atomic mass is 9.86. The number of aliphatic hydroxyl groups is 1. The molecule has 0 radical (unpaired) electrons. The van der Waals surface area contributed by atoms with Crippen LogP contribution in [0.1, 0.15) is 41.9 Å². The van der Waals surface area contributed by atoms with E-state index in [1.165, 1.54) is 0 Å². The van der Waals surface area contributed by atoms with Crippen molar-refractivity contribution in [2.75, 3.05) is 13.7 Å². The van der Waals surface area contributed by atoms with Gasteiger partial charge in [-0.3, -0.25) is 4.79 Å². The minimum Gasteiger partial charge on any atom is -0.396 e. The molecule has 0 bridgehead atoms.